The molecule has 8 heteroatoms. The number of hydrogen-bond acceptors (Lipinski definition) is 5. The Morgan fingerprint density at radius 1 is 1.39 bits per heavy atom. The summed E-state index contributed by atoms with van der Waals surface area (Å²) in [7, 11) is -2.38. The molecule has 1 aliphatic carbocycles. The molecule has 0 aromatic rings. The van der Waals surface area contributed by atoms with E-state index in [9.17, 15) is 18.0 Å². The third-order valence-electron chi connectivity index (χ3n) is 3.03. The summed E-state index contributed by atoms with van der Waals surface area (Å²) in [6, 6.07) is 0. The van der Waals surface area contributed by atoms with Gasteiger partial charge in [0, 0.05) is 13.0 Å². The number of primary amides is 1. The summed E-state index contributed by atoms with van der Waals surface area (Å²) in [5, 5.41) is -0.780. The number of carbonyl (C=O) groups excluding carboxylic acids is 2. The number of methoxy groups -OCH3 is 1. The van der Waals surface area contributed by atoms with Crippen molar-refractivity contribution in [3.63, 3.8) is 0 Å². The van der Waals surface area contributed by atoms with Crippen molar-refractivity contribution in [2.24, 2.45) is 11.7 Å². The van der Waals surface area contributed by atoms with Crippen LogP contribution >= 0.6 is 0 Å². The quantitative estimate of drug-likeness (QED) is 0.612. The van der Waals surface area contributed by atoms with E-state index >= 15 is 0 Å². The first-order valence-electron chi connectivity index (χ1n) is 5.73. The maximum Gasteiger partial charge on any atom is 0.310 e. The molecule has 1 aliphatic rings. The molecule has 0 saturated heterocycles. The predicted molar refractivity (Wildman–Crippen MR) is 63.9 cm³/mol. The molecule has 0 aromatic carbocycles. The number of carbonyl (C=O) groups is 2. The molecule has 1 amide bonds. The molecule has 18 heavy (non-hydrogen) atoms. The van der Waals surface area contributed by atoms with Crippen LogP contribution < -0.4 is 10.5 Å². The Bertz CT molecular complexity index is 420. The molecule has 104 valence electrons. The van der Waals surface area contributed by atoms with Crippen LogP contribution in [-0.2, 0) is 24.3 Å². The summed E-state index contributed by atoms with van der Waals surface area (Å²) in [6.07, 6.45) is 1.54. The summed E-state index contributed by atoms with van der Waals surface area (Å²) < 4.78 is 30.8. The fourth-order valence-electron chi connectivity index (χ4n) is 2.14. The number of rotatable bonds is 6. The number of ether oxygens (including phenoxy) is 1. The van der Waals surface area contributed by atoms with E-state index in [1.54, 1.807) is 0 Å². The van der Waals surface area contributed by atoms with E-state index in [1.807, 2.05) is 0 Å². The van der Waals surface area contributed by atoms with Gasteiger partial charge < -0.3 is 10.5 Å². The molecule has 0 aromatic heterocycles. The number of sulfonamides is 1. The van der Waals surface area contributed by atoms with Gasteiger partial charge in [0.15, 0.2) is 0 Å². The highest BCUT2D eigenvalue weighted by Crippen LogP contribution is 2.31. The predicted octanol–water partition coefficient (Wildman–Crippen LogP) is -0.877. The second-order valence-electron chi connectivity index (χ2n) is 4.25. The standard InChI is InChI=1S/C10H18N2O5S/c1-17-10(14)7-3-2-4-8(7)18(15,16)12-6-5-9(11)13/h7-8,12H,2-6H2,1H3,(H2,11,13). The van der Waals surface area contributed by atoms with E-state index in [1.165, 1.54) is 7.11 Å². The molecule has 0 aliphatic heterocycles. The fourth-order valence-corrected chi connectivity index (χ4v) is 3.90. The van der Waals surface area contributed by atoms with Crippen LogP contribution in [0.1, 0.15) is 25.7 Å². The van der Waals surface area contributed by atoms with E-state index in [0.717, 1.165) is 0 Å². The summed E-state index contributed by atoms with van der Waals surface area (Å²) in [4.78, 5) is 22.0. The van der Waals surface area contributed by atoms with Gasteiger partial charge in [0.1, 0.15) is 0 Å². The number of amides is 1. The van der Waals surface area contributed by atoms with Crippen LogP contribution in [0.4, 0.5) is 0 Å². The number of nitrogens with one attached hydrogen (secondary N) is 1. The molecule has 0 radical (unpaired) electrons. The highest BCUT2D eigenvalue weighted by molar-refractivity contribution is 7.90. The number of hydrogen-bond donors (Lipinski definition) is 2. The highest BCUT2D eigenvalue weighted by atomic mass is 32.2. The van der Waals surface area contributed by atoms with Crippen molar-refractivity contribution in [3.8, 4) is 0 Å². The van der Waals surface area contributed by atoms with Crippen LogP contribution in [0, 0.1) is 5.92 Å². The van der Waals surface area contributed by atoms with E-state index < -0.39 is 33.1 Å². The molecule has 2 atom stereocenters. The lowest BCUT2D eigenvalue weighted by atomic mass is 10.1. The van der Waals surface area contributed by atoms with Gasteiger partial charge in [-0.25, -0.2) is 13.1 Å². The van der Waals surface area contributed by atoms with Gasteiger partial charge in [0.2, 0.25) is 15.9 Å². The van der Waals surface area contributed by atoms with E-state index in [4.69, 9.17) is 5.73 Å². The fraction of sp³-hybridized carbons (Fsp3) is 0.800. The average Bonchev–Trinajstić information content (AvgIpc) is 2.76. The molecule has 0 heterocycles. The third kappa shape index (κ3) is 3.67. The molecular formula is C10H18N2O5S. The maximum absolute atomic E-state index is 12.0. The summed E-state index contributed by atoms with van der Waals surface area (Å²) in [5.41, 5.74) is 4.92. The second-order valence-corrected chi connectivity index (χ2v) is 6.24. The zero-order valence-electron chi connectivity index (χ0n) is 10.2. The molecule has 0 spiro atoms. The van der Waals surface area contributed by atoms with Crippen LogP contribution in [-0.4, -0.2) is 39.2 Å². The largest absolute Gasteiger partial charge is 0.469 e. The van der Waals surface area contributed by atoms with Crippen molar-refractivity contribution < 1.29 is 22.7 Å². The molecule has 2 unspecified atom stereocenters. The molecule has 0 bridgehead atoms. The Morgan fingerprint density at radius 3 is 2.61 bits per heavy atom. The van der Waals surface area contributed by atoms with Gasteiger partial charge in [-0.05, 0) is 12.8 Å². The lowest BCUT2D eigenvalue weighted by Gasteiger charge is -2.18. The van der Waals surface area contributed by atoms with Crippen molar-refractivity contribution in [1.82, 2.24) is 4.72 Å². The van der Waals surface area contributed by atoms with Crippen LogP contribution in [0.3, 0.4) is 0 Å². The van der Waals surface area contributed by atoms with Gasteiger partial charge in [-0.2, -0.15) is 0 Å². The van der Waals surface area contributed by atoms with Crippen LogP contribution in [0.15, 0.2) is 0 Å². The van der Waals surface area contributed by atoms with Crippen LogP contribution in [0.5, 0.6) is 0 Å². The lowest BCUT2D eigenvalue weighted by Crippen LogP contribution is -2.40. The molecular weight excluding hydrogens is 260 g/mol. The van der Waals surface area contributed by atoms with Crippen LogP contribution in [0.2, 0.25) is 0 Å². The van der Waals surface area contributed by atoms with Crippen molar-refractivity contribution >= 4 is 21.9 Å². The summed E-state index contributed by atoms with van der Waals surface area (Å²) in [5.74, 6) is -1.70. The monoisotopic (exact) mass is 278 g/mol. The Kier molecular flexibility index (Phi) is 5.09. The van der Waals surface area contributed by atoms with Crippen molar-refractivity contribution in [1.29, 1.82) is 0 Å². The van der Waals surface area contributed by atoms with Crippen molar-refractivity contribution in [3.05, 3.63) is 0 Å². The van der Waals surface area contributed by atoms with Gasteiger partial charge in [-0.15, -0.1) is 0 Å². The topological polar surface area (TPSA) is 116 Å². The Labute approximate surface area is 106 Å². The van der Waals surface area contributed by atoms with Gasteiger partial charge >= 0.3 is 5.97 Å². The van der Waals surface area contributed by atoms with Crippen molar-refractivity contribution in [2.75, 3.05) is 13.7 Å². The maximum atomic E-state index is 12.0. The molecule has 1 rings (SSSR count). The normalized spacial score (nSPS) is 23.8. The summed E-state index contributed by atoms with van der Waals surface area (Å²) >= 11 is 0. The molecule has 3 N–H and O–H groups in total. The zero-order valence-corrected chi connectivity index (χ0v) is 11.0. The van der Waals surface area contributed by atoms with Gasteiger partial charge in [0.05, 0.1) is 18.3 Å². The first-order valence-corrected chi connectivity index (χ1v) is 7.27. The first kappa shape index (κ1) is 14.9. The number of nitrogens with two attached hydrogens (primary N) is 1. The zero-order chi connectivity index (χ0) is 13.8. The Morgan fingerprint density at radius 2 is 2.06 bits per heavy atom. The Hall–Kier alpha value is -1.15. The van der Waals surface area contributed by atoms with Gasteiger partial charge in [-0.1, -0.05) is 6.42 Å². The van der Waals surface area contributed by atoms with E-state index in [0.29, 0.717) is 19.3 Å². The highest BCUT2D eigenvalue weighted by Gasteiger charge is 2.41. The minimum Gasteiger partial charge on any atom is -0.469 e. The number of esters is 1. The smallest absolute Gasteiger partial charge is 0.310 e. The van der Waals surface area contributed by atoms with Gasteiger partial charge in [0.25, 0.3) is 0 Å². The molecule has 7 nitrogen and oxygen atoms in total. The van der Waals surface area contributed by atoms with Crippen molar-refractivity contribution in [2.45, 2.75) is 30.9 Å². The second kappa shape index (κ2) is 6.14. The minimum atomic E-state index is -3.62. The van der Waals surface area contributed by atoms with Crippen LogP contribution in [0.25, 0.3) is 0 Å². The molecule has 1 saturated carbocycles. The average molecular weight is 278 g/mol. The van der Waals surface area contributed by atoms with E-state index in [2.05, 4.69) is 9.46 Å². The third-order valence-corrected chi connectivity index (χ3v) is 5.00. The summed E-state index contributed by atoms with van der Waals surface area (Å²) in [6.45, 7) is -0.0396. The first-order chi connectivity index (χ1) is 8.38. The minimum absolute atomic E-state index is 0.0396. The Balaban J connectivity index is 2.66. The molecule has 1 fully saturated rings. The SMILES string of the molecule is COC(=O)C1CCCC1S(=O)(=O)NCCC(N)=O. The lowest BCUT2D eigenvalue weighted by molar-refractivity contribution is -0.145. The van der Waals surface area contributed by atoms with E-state index in [-0.39, 0.29) is 13.0 Å². The van der Waals surface area contributed by atoms with Gasteiger partial charge in [-0.3, -0.25) is 9.59 Å².